The van der Waals surface area contributed by atoms with Gasteiger partial charge in [0.2, 0.25) is 0 Å². The number of hydrogen-bond donors (Lipinski definition) is 2. The summed E-state index contributed by atoms with van der Waals surface area (Å²) < 4.78 is 33.0. The first kappa shape index (κ1) is 20.3. The van der Waals surface area contributed by atoms with Crippen LogP contribution in [0.2, 0.25) is 0 Å². The van der Waals surface area contributed by atoms with Crippen molar-refractivity contribution in [3.63, 3.8) is 0 Å². The van der Waals surface area contributed by atoms with E-state index in [2.05, 4.69) is 15.0 Å². The quantitative estimate of drug-likeness (QED) is 0.416. The second-order valence-electron chi connectivity index (χ2n) is 6.44. The Labute approximate surface area is 181 Å². The molecule has 0 fully saturated rings. The molecule has 7 nitrogen and oxygen atoms in total. The maximum atomic E-state index is 12.6. The summed E-state index contributed by atoms with van der Waals surface area (Å²) >= 11 is 2.42. The van der Waals surface area contributed by atoms with Crippen molar-refractivity contribution in [1.29, 1.82) is 0 Å². The van der Waals surface area contributed by atoms with E-state index in [0.717, 1.165) is 34.1 Å². The van der Waals surface area contributed by atoms with Crippen LogP contribution in [0.3, 0.4) is 0 Å². The number of thiazole rings is 1. The number of nitrogens with zero attached hydrogens (tertiary/aromatic N) is 1. The van der Waals surface area contributed by atoms with E-state index in [9.17, 15) is 13.2 Å². The largest absolute Gasteiger partial charge is 0.466 e. The Morgan fingerprint density at radius 1 is 1.10 bits per heavy atom. The minimum Gasteiger partial charge on any atom is -0.466 e. The number of aryl methyl sites for hydroxylation is 2. The lowest BCUT2D eigenvalue weighted by Gasteiger charge is -2.08. The number of nitrogens with one attached hydrogen (secondary N) is 2. The highest BCUT2D eigenvalue weighted by Gasteiger charge is 2.17. The molecular formula is C20H17N3O4S3. The van der Waals surface area contributed by atoms with E-state index in [-0.39, 0.29) is 10.1 Å². The van der Waals surface area contributed by atoms with Crippen molar-refractivity contribution in [2.45, 2.75) is 18.1 Å². The van der Waals surface area contributed by atoms with Crippen molar-refractivity contribution in [3.8, 4) is 11.3 Å². The maximum Gasteiger partial charge on any atom is 0.271 e. The Hall–Kier alpha value is -2.95. The number of hydrogen-bond acceptors (Lipinski definition) is 7. The molecule has 0 saturated heterocycles. The SMILES string of the molecule is Cc1cc(-c2csc(NC(=O)c3cccc(NS(=O)(=O)c4cccs4)c3)n2)c(C)o1. The van der Waals surface area contributed by atoms with Crippen LogP contribution in [0.4, 0.5) is 10.8 Å². The minimum atomic E-state index is -3.68. The van der Waals surface area contributed by atoms with Crippen molar-refractivity contribution in [3.05, 3.63) is 70.3 Å². The van der Waals surface area contributed by atoms with Gasteiger partial charge in [-0.1, -0.05) is 12.1 Å². The first-order chi connectivity index (χ1) is 14.3. The standard InChI is InChI=1S/C20H17N3O4S3/c1-12-9-16(13(2)27-12)17-11-29-20(21-17)22-19(24)14-5-3-6-15(10-14)23-30(25,26)18-7-4-8-28-18/h3-11,23H,1-2H3,(H,21,22,24). The molecule has 1 aromatic carbocycles. The van der Waals surface area contributed by atoms with Crippen molar-refractivity contribution >= 4 is 49.4 Å². The third-order valence-electron chi connectivity index (χ3n) is 4.18. The predicted molar refractivity (Wildman–Crippen MR) is 119 cm³/mol. The molecule has 3 heterocycles. The number of benzene rings is 1. The molecule has 0 atom stereocenters. The van der Waals surface area contributed by atoms with Crippen LogP contribution in [0, 0.1) is 13.8 Å². The number of aromatic nitrogens is 1. The van der Waals surface area contributed by atoms with E-state index in [0.29, 0.717) is 16.4 Å². The second-order valence-corrected chi connectivity index (χ2v) is 10.2. The molecule has 4 aromatic rings. The average molecular weight is 460 g/mol. The Morgan fingerprint density at radius 2 is 1.93 bits per heavy atom. The van der Waals surface area contributed by atoms with E-state index >= 15 is 0 Å². The lowest BCUT2D eigenvalue weighted by Crippen LogP contribution is -2.14. The van der Waals surface area contributed by atoms with E-state index in [4.69, 9.17) is 4.42 Å². The van der Waals surface area contributed by atoms with E-state index in [1.807, 2.05) is 25.3 Å². The van der Waals surface area contributed by atoms with Gasteiger partial charge in [-0.05, 0) is 49.6 Å². The first-order valence-electron chi connectivity index (χ1n) is 8.82. The molecule has 0 unspecified atom stereocenters. The van der Waals surface area contributed by atoms with Gasteiger partial charge in [-0.25, -0.2) is 13.4 Å². The monoisotopic (exact) mass is 459 g/mol. The molecule has 1 amide bonds. The summed E-state index contributed by atoms with van der Waals surface area (Å²) in [6.07, 6.45) is 0. The summed E-state index contributed by atoms with van der Waals surface area (Å²) in [7, 11) is -3.68. The molecule has 30 heavy (non-hydrogen) atoms. The number of furan rings is 1. The van der Waals surface area contributed by atoms with Gasteiger partial charge in [0, 0.05) is 22.2 Å². The van der Waals surface area contributed by atoms with Crippen LogP contribution in [0.25, 0.3) is 11.3 Å². The fraction of sp³-hybridized carbons (Fsp3) is 0.100. The van der Waals surface area contributed by atoms with E-state index < -0.39 is 10.0 Å². The van der Waals surface area contributed by atoms with Gasteiger partial charge < -0.3 is 4.42 Å². The third kappa shape index (κ3) is 4.30. The molecule has 0 aliphatic carbocycles. The second kappa shape index (κ2) is 8.05. The summed E-state index contributed by atoms with van der Waals surface area (Å²) in [6.45, 7) is 3.73. The Morgan fingerprint density at radius 3 is 2.63 bits per heavy atom. The van der Waals surface area contributed by atoms with Gasteiger partial charge in [-0.3, -0.25) is 14.8 Å². The van der Waals surface area contributed by atoms with Gasteiger partial charge in [0.15, 0.2) is 5.13 Å². The lowest BCUT2D eigenvalue weighted by molar-refractivity contribution is 0.102. The topological polar surface area (TPSA) is 101 Å². The number of carbonyl (C=O) groups is 1. The normalized spacial score (nSPS) is 11.4. The summed E-state index contributed by atoms with van der Waals surface area (Å²) in [6, 6.07) is 11.4. The number of anilines is 2. The van der Waals surface area contributed by atoms with Crippen molar-refractivity contribution in [2.75, 3.05) is 10.0 Å². The molecule has 0 saturated carbocycles. The molecule has 0 bridgehead atoms. The Bertz CT molecular complexity index is 1300. The highest BCUT2D eigenvalue weighted by Crippen LogP contribution is 2.30. The third-order valence-corrected chi connectivity index (χ3v) is 7.71. The van der Waals surface area contributed by atoms with Crippen molar-refractivity contribution < 1.29 is 17.6 Å². The van der Waals surface area contributed by atoms with Gasteiger partial charge >= 0.3 is 0 Å². The summed E-state index contributed by atoms with van der Waals surface area (Å²) in [5, 5.41) is 6.73. The maximum absolute atomic E-state index is 12.6. The van der Waals surface area contributed by atoms with Gasteiger partial charge in [-0.15, -0.1) is 22.7 Å². The molecule has 10 heteroatoms. The van der Waals surface area contributed by atoms with Crippen LogP contribution in [-0.2, 0) is 10.0 Å². The number of sulfonamides is 1. The smallest absolute Gasteiger partial charge is 0.271 e. The first-order valence-corrected chi connectivity index (χ1v) is 12.1. The fourth-order valence-electron chi connectivity index (χ4n) is 2.86. The molecule has 0 radical (unpaired) electrons. The summed E-state index contributed by atoms with van der Waals surface area (Å²) in [5.74, 6) is 1.18. The highest BCUT2D eigenvalue weighted by molar-refractivity contribution is 7.94. The van der Waals surface area contributed by atoms with Crippen LogP contribution in [0.1, 0.15) is 21.9 Å². The Balaban J connectivity index is 1.49. The van der Waals surface area contributed by atoms with Crippen molar-refractivity contribution in [2.24, 2.45) is 0 Å². The van der Waals surface area contributed by atoms with Gasteiger partial charge in [0.25, 0.3) is 15.9 Å². The van der Waals surface area contributed by atoms with Gasteiger partial charge in [0.05, 0.1) is 5.69 Å². The molecule has 154 valence electrons. The predicted octanol–water partition coefficient (Wildman–Crippen LogP) is 5.13. The zero-order valence-electron chi connectivity index (χ0n) is 16.0. The number of carbonyl (C=O) groups excluding carboxylic acids is 1. The number of rotatable bonds is 6. The zero-order valence-corrected chi connectivity index (χ0v) is 18.5. The fourth-order valence-corrected chi connectivity index (χ4v) is 5.60. The van der Waals surface area contributed by atoms with E-state index in [1.165, 1.54) is 23.5 Å². The molecule has 2 N–H and O–H groups in total. The van der Waals surface area contributed by atoms with Gasteiger partial charge in [0.1, 0.15) is 15.7 Å². The summed E-state index contributed by atoms with van der Waals surface area (Å²) in [5.41, 5.74) is 2.23. The van der Waals surface area contributed by atoms with Crippen LogP contribution in [0.5, 0.6) is 0 Å². The molecule has 3 aromatic heterocycles. The highest BCUT2D eigenvalue weighted by atomic mass is 32.2. The van der Waals surface area contributed by atoms with Gasteiger partial charge in [-0.2, -0.15) is 0 Å². The van der Waals surface area contributed by atoms with Crippen LogP contribution in [0.15, 0.2) is 61.9 Å². The van der Waals surface area contributed by atoms with Crippen LogP contribution < -0.4 is 10.0 Å². The zero-order chi connectivity index (χ0) is 21.3. The van der Waals surface area contributed by atoms with Crippen LogP contribution in [-0.4, -0.2) is 19.3 Å². The molecule has 0 spiro atoms. The molecular weight excluding hydrogens is 442 g/mol. The average Bonchev–Trinajstić information content (AvgIpc) is 3.43. The Kier molecular flexibility index (Phi) is 5.46. The van der Waals surface area contributed by atoms with Crippen LogP contribution >= 0.6 is 22.7 Å². The minimum absolute atomic E-state index is 0.206. The number of thiophene rings is 1. The summed E-state index contributed by atoms with van der Waals surface area (Å²) in [4.78, 5) is 17.1. The number of amides is 1. The lowest BCUT2D eigenvalue weighted by atomic mass is 10.2. The molecule has 4 rings (SSSR count). The molecule has 0 aliphatic heterocycles. The van der Waals surface area contributed by atoms with Crippen molar-refractivity contribution in [1.82, 2.24) is 4.98 Å². The molecule has 0 aliphatic rings. The van der Waals surface area contributed by atoms with E-state index in [1.54, 1.807) is 29.6 Å².